The van der Waals surface area contributed by atoms with E-state index in [2.05, 4.69) is 41.3 Å². The van der Waals surface area contributed by atoms with E-state index in [0.29, 0.717) is 6.54 Å². The van der Waals surface area contributed by atoms with Crippen LogP contribution in [0.3, 0.4) is 0 Å². The van der Waals surface area contributed by atoms with Gasteiger partial charge >= 0.3 is 0 Å². The Hall–Kier alpha value is -1.79. The molecule has 3 rings (SSSR count). The molecule has 0 aliphatic rings. The average Bonchev–Trinajstić information content (AvgIpc) is 2.92. The van der Waals surface area contributed by atoms with Crippen LogP contribution >= 0.6 is 11.3 Å². The van der Waals surface area contributed by atoms with Crippen LogP contribution in [0.5, 0.6) is 0 Å². The number of aromatic nitrogens is 4. The van der Waals surface area contributed by atoms with Gasteiger partial charge in [0.15, 0.2) is 5.82 Å². The quantitative estimate of drug-likeness (QED) is 0.763. The highest BCUT2D eigenvalue weighted by Crippen LogP contribution is 2.23. The van der Waals surface area contributed by atoms with Gasteiger partial charge < -0.3 is 5.73 Å². The molecular weight excluding hydrogens is 246 g/mol. The lowest BCUT2D eigenvalue weighted by Gasteiger charge is -2.02. The molecule has 0 unspecified atom stereocenters. The summed E-state index contributed by atoms with van der Waals surface area (Å²) in [6, 6.07) is 6.23. The van der Waals surface area contributed by atoms with E-state index < -0.39 is 0 Å². The summed E-state index contributed by atoms with van der Waals surface area (Å²) >= 11 is 1.47. The smallest absolute Gasteiger partial charge is 0.235 e. The molecule has 0 radical (unpaired) electrons. The molecule has 1 aromatic carbocycles. The first-order valence-electron chi connectivity index (χ1n) is 5.68. The van der Waals surface area contributed by atoms with Gasteiger partial charge in [-0.05, 0) is 31.0 Å². The largest absolute Gasteiger partial charge is 0.324 e. The molecule has 2 aromatic heterocycles. The zero-order chi connectivity index (χ0) is 12.7. The van der Waals surface area contributed by atoms with Gasteiger partial charge in [0, 0.05) is 12.1 Å². The van der Waals surface area contributed by atoms with Gasteiger partial charge in [-0.25, -0.2) is 0 Å². The van der Waals surface area contributed by atoms with Crippen LogP contribution in [-0.2, 0) is 6.54 Å². The summed E-state index contributed by atoms with van der Waals surface area (Å²) in [5.41, 5.74) is 9.12. The van der Waals surface area contributed by atoms with Crippen molar-refractivity contribution in [1.82, 2.24) is 19.8 Å². The van der Waals surface area contributed by atoms with Crippen molar-refractivity contribution in [1.29, 1.82) is 0 Å². The molecule has 0 aliphatic heterocycles. The molecule has 0 amide bonds. The summed E-state index contributed by atoms with van der Waals surface area (Å²) in [5.74, 6) is 0.768. The predicted octanol–water partition coefficient (Wildman–Crippen LogP) is 1.93. The topological polar surface area (TPSA) is 69.1 Å². The highest BCUT2D eigenvalue weighted by molar-refractivity contribution is 7.16. The Morgan fingerprint density at radius 1 is 1.22 bits per heavy atom. The summed E-state index contributed by atoms with van der Waals surface area (Å²) < 4.78 is 1.76. The van der Waals surface area contributed by atoms with E-state index in [-0.39, 0.29) is 0 Å². The Morgan fingerprint density at radius 2 is 2.06 bits per heavy atom. The van der Waals surface area contributed by atoms with E-state index >= 15 is 0 Å². The van der Waals surface area contributed by atoms with Crippen molar-refractivity contribution in [2.45, 2.75) is 20.4 Å². The van der Waals surface area contributed by atoms with Crippen molar-refractivity contribution >= 4 is 16.3 Å². The van der Waals surface area contributed by atoms with Gasteiger partial charge in [0.1, 0.15) is 5.01 Å². The Bertz CT molecular complexity index is 712. The van der Waals surface area contributed by atoms with Crippen LogP contribution in [-0.4, -0.2) is 19.8 Å². The summed E-state index contributed by atoms with van der Waals surface area (Å²) in [5, 5.41) is 13.6. The molecule has 0 fully saturated rings. The number of rotatable bonds is 2. The molecule has 18 heavy (non-hydrogen) atoms. The maximum atomic E-state index is 5.59. The molecule has 0 atom stereocenters. The molecule has 3 aromatic rings. The SMILES string of the molecule is Cc1ccc(-c2nnc3sc(CN)nn23)cc1C. The lowest BCUT2D eigenvalue weighted by atomic mass is 10.1. The minimum Gasteiger partial charge on any atom is -0.324 e. The van der Waals surface area contributed by atoms with Crippen LogP contribution in [0.4, 0.5) is 0 Å². The normalized spacial score (nSPS) is 11.3. The number of hydrogen-bond donors (Lipinski definition) is 1. The Balaban J connectivity index is 2.18. The fraction of sp³-hybridized carbons (Fsp3) is 0.250. The third-order valence-corrected chi connectivity index (χ3v) is 3.89. The van der Waals surface area contributed by atoms with Gasteiger partial charge in [0.2, 0.25) is 4.96 Å². The maximum Gasteiger partial charge on any atom is 0.235 e. The van der Waals surface area contributed by atoms with E-state index in [1.807, 2.05) is 6.07 Å². The van der Waals surface area contributed by atoms with Crippen LogP contribution in [0, 0.1) is 13.8 Å². The first-order chi connectivity index (χ1) is 8.69. The van der Waals surface area contributed by atoms with Gasteiger partial charge in [-0.3, -0.25) is 0 Å². The lowest BCUT2D eigenvalue weighted by molar-refractivity contribution is 0.894. The van der Waals surface area contributed by atoms with E-state index in [9.17, 15) is 0 Å². The van der Waals surface area contributed by atoms with Crippen LogP contribution in [0.1, 0.15) is 16.1 Å². The van der Waals surface area contributed by atoms with Crippen LogP contribution in [0.25, 0.3) is 16.3 Å². The minimum absolute atomic E-state index is 0.431. The number of nitrogens with zero attached hydrogens (tertiary/aromatic N) is 4. The third-order valence-electron chi connectivity index (χ3n) is 2.97. The number of hydrogen-bond acceptors (Lipinski definition) is 5. The molecule has 92 valence electrons. The van der Waals surface area contributed by atoms with Gasteiger partial charge in [-0.2, -0.15) is 9.61 Å². The Morgan fingerprint density at radius 3 is 2.78 bits per heavy atom. The van der Waals surface area contributed by atoms with E-state index in [4.69, 9.17) is 5.73 Å². The highest BCUT2D eigenvalue weighted by Gasteiger charge is 2.12. The monoisotopic (exact) mass is 259 g/mol. The Labute approximate surface area is 108 Å². The van der Waals surface area contributed by atoms with Gasteiger partial charge in [-0.15, -0.1) is 10.2 Å². The van der Waals surface area contributed by atoms with Crippen LogP contribution in [0.15, 0.2) is 18.2 Å². The first kappa shape index (κ1) is 11.3. The second-order valence-electron chi connectivity index (χ2n) is 4.22. The number of benzene rings is 1. The van der Waals surface area contributed by atoms with Crippen molar-refractivity contribution in [3.8, 4) is 11.4 Å². The van der Waals surface area contributed by atoms with E-state index in [0.717, 1.165) is 21.4 Å². The fourth-order valence-electron chi connectivity index (χ4n) is 1.80. The zero-order valence-electron chi connectivity index (χ0n) is 10.2. The highest BCUT2D eigenvalue weighted by atomic mass is 32.1. The van der Waals surface area contributed by atoms with Gasteiger partial charge in [-0.1, -0.05) is 23.5 Å². The summed E-state index contributed by atoms with van der Waals surface area (Å²) in [7, 11) is 0. The van der Waals surface area contributed by atoms with Crippen molar-refractivity contribution in [2.24, 2.45) is 5.73 Å². The molecule has 6 heteroatoms. The van der Waals surface area contributed by atoms with Gasteiger partial charge in [0.05, 0.1) is 0 Å². The maximum absolute atomic E-state index is 5.59. The number of nitrogens with two attached hydrogens (primary N) is 1. The lowest BCUT2D eigenvalue weighted by Crippen LogP contribution is -1.98. The van der Waals surface area contributed by atoms with Crippen molar-refractivity contribution in [3.63, 3.8) is 0 Å². The molecule has 5 nitrogen and oxygen atoms in total. The molecule has 0 saturated heterocycles. The fourth-order valence-corrected chi connectivity index (χ4v) is 2.51. The van der Waals surface area contributed by atoms with E-state index in [1.54, 1.807) is 4.52 Å². The molecule has 2 heterocycles. The summed E-state index contributed by atoms with van der Waals surface area (Å²) in [6.07, 6.45) is 0. The minimum atomic E-state index is 0.431. The average molecular weight is 259 g/mol. The molecule has 0 spiro atoms. The van der Waals surface area contributed by atoms with Crippen molar-refractivity contribution in [3.05, 3.63) is 34.3 Å². The summed E-state index contributed by atoms with van der Waals surface area (Å²) in [4.78, 5) is 0.781. The molecule has 2 N–H and O–H groups in total. The standard InChI is InChI=1S/C12H13N5S/c1-7-3-4-9(5-8(7)2)11-14-15-12-17(11)16-10(6-13)18-12/h3-5H,6,13H2,1-2H3. The molecular formula is C12H13N5S. The van der Waals surface area contributed by atoms with Gasteiger partial charge in [0.25, 0.3) is 0 Å². The number of aryl methyl sites for hydroxylation is 2. The first-order valence-corrected chi connectivity index (χ1v) is 6.49. The predicted molar refractivity (Wildman–Crippen MR) is 71.5 cm³/mol. The van der Waals surface area contributed by atoms with E-state index in [1.165, 1.54) is 22.5 Å². The third kappa shape index (κ3) is 1.70. The van der Waals surface area contributed by atoms with Crippen LogP contribution in [0.2, 0.25) is 0 Å². The number of fused-ring (bicyclic) bond motifs is 1. The summed E-state index contributed by atoms with van der Waals surface area (Å²) in [6.45, 7) is 4.61. The Kier molecular flexibility index (Phi) is 2.61. The molecule has 0 bridgehead atoms. The zero-order valence-corrected chi connectivity index (χ0v) is 11.0. The molecule has 0 aliphatic carbocycles. The van der Waals surface area contributed by atoms with Crippen molar-refractivity contribution in [2.75, 3.05) is 0 Å². The second kappa shape index (κ2) is 4.15. The second-order valence-corrected chi connectivity index (χ2v) is 5.26. The van der Waals surface area contributed by atoms with Crippen LogP contribution < -0.4 is 5.73 Å². The van der Waals surface area contributed by atoms with Crippen molar-refractivity contribution < 1.29 is 0 Å². The molecule has 0 saturated carbocycles.